The van der Waals surface area contributed by atoms with Crippen LogP contribution in [0.25, 0.3) is 11.1 Å². The molecule has 3 N–H and O–H groups in total. The second kappa shape index (κ2) is 18.7. The van der Waals surface area contributed by atoms with Crippen molar-refractivity contribution >= 4 is 46.9 Å². The van der Waals surface area contributed by atoms with Crippen molar-refractivity contribution in [3.8, 4) is 16.9 Å². The summed E-state index contributed by atoms with van der Waals surface area (Å²) in [6.07, 6.45) is 5.00. The van der Waals surface area contributed by atoms with Crippen LogP contribution in [-0.2, 0) is 11.3 Å². The highest BCUT2D eigenvalue weighted by Gasteiger charge is 2.16. The summed E-state index contributed by atoms with van der Waals surface area (Å²) in [6.45, 7) is 9.22. The maximum absolute atomic E-state index is 12.7. The third-order valence-electron chi connectivity index (χ3n) is 6.90. The molecule has 10 nitrogen and oxygen atoms in total. The molecule has 0 unspecified atom stereocenters. The number of phenolic OH excluding ortho intramolecular Hbond substituents is 1. The van der Waals surface area contributed by atoms with E-state index in [2.05, 4.69) is 20.5 Å². The van der Waals surface area contributed by atoms with Gasteiger partial charge in [0, 0.05) is 67.8 Å². The fourth-order valence-electron chi connectivity index (χ4n) is 4.63. The second-order valence-electron chi connectivity index (χ2n) is 9.88. The molecule has 1 aliphatic heterocycles. The van der Waals surface area contributed by atoms with Crippen molar-refractivity contribution in [1.82, 2.24) is 14.5 Å². The first kappa shape index (κ1) is 36.3. The van der Waals surface area contributed by atoms with E-state index < -0.39 is 5.91 Å². The smallest absolute Gasteiger partial charge is 0.259 e. The zero-order valence-corrected chi connectivity index (χ0v) is 27.6. The number of nitrogens with zero attached hydrogens (tertiary/aromatic N) is 3. The quantitative estimate of drug-likeness (QED) is 0.137. The topological polar surface area (TPSA) is 126 Å². The molecule has 0 aliphatic carbocycles. The number of aryl methyl sites for hydroxylation is 1. The summed E-state index contributed by atoms with van der Waals surface area (Å²) >= 11 is 11.6. The minimum atomic E-state index is -0.443. The Bertz CT molecular complexity index is 1620. The van der Waals surface area contributed by atoms with Gasteiger partial charge in [0.25, 0.3) is 11.5 Å². The number of rotatable bonds is 9. The van der Waals surface area contributed by atoms with Crippen molar-refractivity contribution in [3.63, 3.8) is 0 Å². The van der Waals surface area contributed by atoms with E-state index >= 15 is 0 Å². The number of aromatic hydroxyl groups is 1. The number of halogens is 2. The summed E-state index contributed by atoms with van der Waals surface area (Å²) in [7, 11) is 1.60. The highest BCUT2D eigenvalue weighted by molar-refractivity contribution is 6.31. The molecule has 4 aromatic rings. The fourth-order valence-corrected chi connectivity index (χ4v) is 4.96. The number of hydrogen-bond acceptors (Lipinski definition) is 8. The van der Waals surface area contributed by atoms with Gasteiger partial charge >= 0.3 is 0 Å². The Balaban J connectivity index is 0.000000241. The van der Waals surface area contributed by atoms with Crippen LogP contribution in [0.3, 0.4) is 0 Å². The number of carbonyl (C=O) groups excluding carboxylic acids is 2. The molecular formula is C34H39Cl2N5O5. The summed E-state index contributed by atoms with van der Waals surface area (Å²) in [5, 5.41) is 15.8. The Morgan fingerprint density at radius 2 is 1.74 bits per heavy atom. The van der Waals surface area contributed by atoms with Gasteiger partial charge in [0.15, 0.2) is 0 Å². The number of ether oxygens (including phenoxy) is 1. The number of anilines is 2. The minimum Gasteiger partial charge on any atom is -0.506 e. The van der Waals surface area contributed by atoms with Gasteiger partial charge in [0.2, 0.25) is 0 Å². The molecule has 1 fully saturated rings. The molecule has 0 spiro atoms. The van der Waals surface area contributed by atoms with Gasteiger partial charge in [-0.3, -0.25) is 19.3 Å². The van der Waals surface area contributed by atoms with E-state index in [1.807, 2.05) is 44.3 Å². The lowest BCUT2D eigenvalue weighted by atomic mass is 10.1. The standard InChI is InChI=1S/C19H22N2O3.C13H11Cl2N3O2.C2H6/c22-15-16-4-6-17(7-5-16)18-3-1-9-21(19(18)23)10-2-8-20-11-13-24-14-12-20;1-16-12-9(4-8(15)5-10(12)19)13(20)18-11-3-2-7(14)6-17-11;1-2/h1,3-7,9,15H,2,8,10-14H2;2-6,16,19H,1H3,(H,17,18,20);1-2H3. The molecule has 0 radical (unpaired) electrons. The van der Waals surface area contributed by atoms with Crippen LogP contribution in [-0.4, -0.2) is 71.6 Å². The largest absolute Gasteiger partial charge is 0.506 e. The predicted molar refractivity (Wildman–Crippen MR) is 185 cm³/mol. The number of benzene rings is 2. The van der Waals surface area contributed by atoms with Crippen LogP contribution >= 0.6 is 23.2 Å². The van der Waals surface area contributed by atoms with Crippen molar-refractivity contribution in [2.75, 3.05) is 50.5 Å². The SMILES string of the molecule is CC.CNc1c(O)cc(Cl)cc1C(=O)Nc1ccc(Cl)cn1.O=Cc1ccc(-c2cccn(CCCN3CCOCC3)c2=O)cc1. The van der Waals surface area contributed by atoms with Crippen LogP contribution in [0.1, 0.15) is 41.0 Å². The molecule has 1 amide bonds. The van der Waals surface area contributed by atoms with E-state index in [4.69, 9.17) is 27.9 Å². The number of nitrogens with one attached hydrogen (secondary N) is 2. The van der Waals surface area contributed by atoms with Crippen LogP contribution in [0.15, 0.2) is 77.9 Å². The number of amides is 1. The molecule has 0 atom stereocenters. The van der Waals surface area contributed by atoms with Gasteiger partial charge in [-0.1, -0.05) is 61.3 Å². The lowest BCUT2D eigenvalue weighted by Crippen LogP contribution is -2.37. The molecule has 0 bridgehead atoms. The predicted octanol–water partition coefficient (Wildman–Crippen LogP) is 6.46. The number of phenols is 1. The first-order chi connectivity index (χ1) is 22.3. The number of aldehydes is 1. The maximum atomic E-state index is 12.7. The van der Waals surface area contributed by atoms with Crippen molar-refractivity contribution in [2.45, 2.75) is 26.8 Å². The van der Waals surface area contributed by atoms with Crippen molar-refractivity contribution in [2.24, 2.45) is 0 Å². The van der Waals surface area contributed by atoms with Crippen LogP contribution in [0.4, 0.5) is 11.5 Å². The monoisotopic (exact) mass is 667 g/mol. The molecule has 3 heterocycles. The normalized spacial score (nSPS) is 12.5. The highest BCUT2D eigenvalue weighted by atomic mass is 35.5. The van der Waals surface area contributed by atoms with Crippen molar-refractivity contribution in [3.05, 3.63) is 105 Å². The van der Waals surface area contributed by atoms with Crippen LogP contribution in [0.2, 0.25) is 10.0 Å². The number of pyridine rings is 2. The molecule has 2 aromatic heterocycles. The molecule has 0 saturated carbocycles. The van der Waals surface area contributed by atoms with Gasteiger partial charge in [-0.25, -0.2) is 4.98 Å². The van der Waals surface area contributed by atoms with Gasteiger partial charge in [-0.15, -0.1) is 0 Å². The summed E-state index contributed by atoms with van der Waals surface area (Å²) in [4.78, 5) is 41.9. The van der Waals surface area contributed by atoms with E-state index in [1.54, 1.807) is 35.9 Å². The molecule has 1 saturated heterocycles. The fraction of sp³-hybridized carbons (Fsp3) is 0.294. The van der Waals surface area contributed by atoms with E-state index in [0.717, 1.165) is 51.1 Å². The van der Waals surface area contributed by atoms with E-state index in [-0.39, 0.29) is 21.9 Å². The molecule has 12 heteroatoms. The third kappa shape index (κ3) is 10.4. The number of aromatic nitrogens is 2. The van der Waals surface area contributed by atoms with E-state index in [9.17, 15) is 19.5 Å². The minimum absolute atomic E-state index is 0.0123. The number of hydrogen-bond donors (Lipinski definition) is 3. The average Bonchev–Trinajstić information content (AvgIpc) is 3.08. The Morgan fingerprint density at radius 3 is 2.37 bits per heavy atom. The van der Waals surface area contributed by atoms with E-state index in [1.165, 1.54) is 18.3 Å². The van der Waals surface area contributed by atoms with Gasteiger partial charge in [0.1, 0.15) is 17.9 Å². The van der Waals surface area contributed by atoms with Gasteiger partial charge in [0.05, 0.1) is 29.5 Å². The van der Waals surface area contributed by atoms with Crippen LogP contribution < -0.4 is 16.2 Å². The maximum Gasteiger partial charge on any atom is 0.259 e. The summed E-state index contributed by atoms with van der Waals surface area (Å²) in [5.74, 6) is -0.197. The first-order valence-corrected chi connectivity index (χ1v) is 15.7. The van der Waals surface area contributed by atoms with Gasteiger partial charge in [-0.05, 0) is 42.3 Å². The average molecular weight is 669 g/mol. The molecule has 244 valence electrons. The molecule has 2 aromatic carbocycles. The molecule has 46 heavy (non-hydrogen) atoms. The van der Waals surface area contributed by atoms with E-state index in [0.29, 0.717) is 34.2 Å². The molecular weight excluding hydrogens is 629 g/mol. The Labute approximate surface area is 278 Å². The Hall–Kier alpha value is -4.22. The summed E-state index contributed by atoms with van der Waals surface area (Å²) < 4.78 is 7.11. The Morgan fingerprint density at radius 1 is 1.02 bits per heavy atom. The van der Waals surface area contributed by atoms with Crippen LogP contribution in [0.5, 0.6) is 5.75 Å². The van der Waals surface area contributed by atoms with Gasteiger partial charge < -0.3 is 25.0 Å². The third-order valence-corrected chi connectivity index (χ3v) is 7.34. The van der Waals surface area contributed by atoms with Gasteiger partial charge in [-0.2, -0.15) is 0 Å². The zero-order valence-electron chi connectivity index (χ0n) is 26.1. The zero-order chi connectivity index (χ0) is 33.5. The molecule has 5 rings (SSSR count). The van der Waals surface area contributed by atoms with Crippen molar-refractivity contribution < 1.29 is 19.4 Å². The highest BCUT2D eigenvalue weighted by Crippen LogP contribution is 2.31. The number of carbonyl (C=O) groups is 2. The lowest BCUT2D eigenvalue weighted by molar-refractivity contribution is 0.0369. The van der Waals surface area contributed by atoms with Crippen LogP contribution in [0, 0.1) is 0 Å². The second-order valence-corrected chi connectivity index (χ2v) is 10.8. The number of morpholine rings is 1. The molecule has 1 aliphatic rings. The summed E-state index contributed by atoms with van der Waals surface area (Å²) in [5.41, 5.74) is 2.64. The van der Waals surface area contributed by atoms with Crippen molar-refractivity contribution in [1.29, 1.82) is 0 Å². The Kier molecular flexibility index (Phi) is 14.7. The first-order valence-electron chi connectivity index (χ1n) is 15.0. The lowest BCUT2D eigenvalue weighted by Gasteiger charge is -2.26. The summed E-state index contributed by atoms with van der Waals surface area (Å²) in [6, 6.07) is 16.8.